The van der Waals surface area contributed by atoms with Crippen LogP contribution in [-0.2, 0) is 11.2 Å². The molecule has 0 radical (unpaired) electrons. The van der Waals surface area contributed by atoms with Crippen molar-refractivity contribution in [2.24, 2.45) is 5.73 Å². The van der Waals surface area contributed by atoms with E-state index in [1.807, 2.05) is 30.3 Å². The highest BCUT2D eigenvalue weighted by atomic mass is 79.9. The first-order valence-corrected chi connectivity index (χ1v) is 11.0. The van der Waals surface area contributed by atoms with Crippen molar-refractivity contribution in [2.45, 2.75) is 12.5 Å². The zero-order valence-electron chi connectivity index (χ0n) is 15.7. The second kappa shape index (κ2) is 7.66. The van der Waals surface area contributed by atoms with Crippen LogP contribution in [0.4, 0.5) is 0 Å². The Morgan fingerprint density at radius 2 is 2.17 bits per heavy atom. The highest BCUT2D eigenvalue weighted by Gasteiger charge is 2.37. The number of nitrogens with two attached hydrogens (primary N) is 1. The quantitative estimate of drug-likeness (QED) is 0.435. The summed E-state index contributed by atoms with van der Waals surface area (Å²) in [4.78, 5) is 32.2. The number of aromatic amines is 1. The van der Waals surface area contributed by atoms with E-state index in [-0.39, 0.29) is 11.9 Å². The number of hydrogen-bond acceptors (Lipinski definition) is 6. The van der Waals surface area contributed by atoms with Gasteiger partial charge in [-0.15, -0.1) is 11.3 Å². The fourth-order valence-corrected chi connectivity index (χ4v) is 5.44. The van der Waals surface area contributed by atoms with E-state index in [1.54, 1.807) is 34.8 Å². The minimum atomic E-state index is -0.369. The number of benzene rings is 1. The van der Waals surface area contributed by atoms with Gasteiger partial charge in [-0.05, 0) is 40.2 Å². The lowest BCUT2D eigenvalue weighted by Gasteiger charge is -2.34. The second-order valence-corrected chi connectivity index (χ2v) is 8.73. The number of imidazole rings is 1. The highest BCUT2D eigenvalue weighted by molar-refractivity contribution is 9.10. The lowest BCUT2D eigenvalue weighted by Crippen LogP contribution is -2.41. The SMILES string of the molecule is N/C=C(/C(=O)N1CCc2nc[nH]c2[C@H]1c1nc2cccc(Br)c2s1)c1ccccn1. The number of halogens is 1. The molecule has 0 aliphatic carbocycles. The minimum absolute atomic E-state index is 0.181. The first kappa shape index (κ1) is 19.0. The molecule has 3 N–H and O–H groups in total. The molecule has 30 heavy (non-hydrogen) atoms. The third kappa shape index (κ3) is 3.10. The van der Waals surface area contributed by atoms with Gasteiger partial charge in [-0.3, -0.25) is 9.78 Å². The number of pyridine rings is 1. The van der Waals surface area contributed by atoms with E-state index < -0.39 is 0 Å². The van der Waals surface area contributed by atoms with Crippen LogP contribution in [0.2, 0.25) is 0 Å². The molecule has 1 atom stereocenters. The molecule has 0 fully saturated rings. The third-order valence-electron chi connectivity index (χ3n) is 5.14. The molecule has 1 aliphatic rings. The number of nitrogens with zero attached hydrogens (tertiary/aromatic N) is 4. The fraction of sp³-hybridized carbons (Fsp3) is 0.143. The zero-order chi connectivity index (χ0) is 20.7. The van der Waals surface area contributed by atoms with E-state index in [9.17, 15) is 4.79 Å². The van der Waals surface area contributed by atoms with Crippen molar-refractivity contribution in [3.05, 3.63) is 81.7 Å². The Hall–Kier alpha value is -3.04. The molecule has 3 aromatic heterocycles. The lowest BCUT2D eigenvalue weighted by atomic mass is 10.0. The Labute approximate surface area is 184 Å². The van der Waals surface area contributed by atoms with Crippen LogP contribution >= 0.6 is 27.3 Å². The number of fused-ring (bicyclic) bond motifs is 2. The molecule has 0 saturated heterocycles. The van der Waals surface area contributed by atoms with Gasteiger partial charge in [-0.1, -0.05) is 12.1 Å². The average molecular weight is 481 g/mol. The van der Waals surface area contributed by atoms with Crippen molar-refractivity contribution in [3.63, 3.8) is 0 Å². The van der Waals surface area contributed by atoms with Crippen LogP contribution < -0.4 is 5.73 Å². The summed E-state index contributed by atoms with van der Waals surface area (Å²) in [5.74, 6) is -0.181. The largest absolute Gasteiger partial charge is 0.404 e. The molecule has 4 heterocycles. The van der Waals surface area contributed by atoms with Crippen LogP contribution in [0.5, 0.6) is 0 Å². The van der Waals surface area contributed by atoms with Crippen LogP contribution in [0.3, 0.4) is 0 Å². The topological polar surface area (TPSA) is 101 Å². The Bertz CT molecular complexity index is 1260. The van der Waals surface area contributed by atoms with Crippen LogP contribution in [0.1, 0.15) is 28.1 Å². The number of carbonyl (C=O) groups is 1. The molecule has 150 valence electrons. The van der Waals surface area contributed by atoms with Gasteiger partial charge in [-0.2, -0.15) is 0 Å². The second-order valence-electron chi connectivity index (χ2n) is 6.85. The number of thiazole rings is 1. The molecule has 9 heteroatoms. The number of nitrogens with one attached hydrogen (secondary N) is 1. The standard InChI is InChI=1S/C21H17BrN6OS/c22-13-4-3-6-16-19(13)30-20(27-16)18-17-15(25-11-26-17)7-9-28(18)21(29)12(10-23)14-5-1-2-8-24-14/h1-6,8,10-11,18H,7,9,23H2,(H,25,26)/b12-10+/t18-/m0/s1. The van der Waals surface area contributed by atoms with Gasteiger partial charge in [0, 0.05) is 29.8 Å². The Balaban J connectivity index is 1.62. The van der Waals surface area contributed by atoms with Crippen LogP contribution in [0.25, 0.3) is 15.8 Å². The van der Waals surface area contributed by atoms with Crippen molar-refractivity contribution in [1.82, 2.24) is 24.8 Å². The number of H-pyrrole nitrogens is 1. The van der Waals surface area contributed by atoms with Crippen molar-refractivity contribution in [1.29, 1.82) is 0 Å². The maximum atomic E-state index is 13.6. The number of rotatable bonds is 3. The molecule has 1 amide bonds. The van der Waals surface area contributed by atoms with E-state index in [2.05, 4.69) is 30.9 Å². The Morgan fingerprint density at radius 3 is 2.93 bits per heavy atom. The van der Waals surface area contributed by atoms with E-state index >= 15 is 0 Å². The fourth-order valence-electron chi connectivity index (χ4n) is 3.75. The van der Waals surface area contributed by atoms with Crippen LogP contribution in [0, 0.1) is 0 Å². The van der Waals surface area contributed by atoms with Crippen molar-refractivity contribution in [2.75, 3.05) is 6.54 Å². The summed E-state index contributed by atoms with van der Waals surface area (Å²) in [6.07, 6.45) is 5.32. The van der Waals surface area contributed by atoms with Crippen molar-refractivity contribution < 1.29 is 4.79 Å². The van der Waals surface area contributed by atoms with Gasteiger partial charge in [-0.25, -0.2) is 9.97 Å². The van der Waals surface area contributed by atoms with Crippen LogP contribution in [0.15, 0.2) is 59.6 Å². The minimum Gasteiger partial charge on any atom is -0.404 e. The molecule has 0 spiro atoms. The Kier molecular flexibility index (Phi) is 4.84. The predicted molar refractivity (Wildman–Crippen MR) is 120 cm³/mol. The maximum Gasteiger partial charge on any atom is 0.258 e. The molecule has 0 unspecified atom stereocenters. The lowest BCUT2D eigenvalue weighted by molar-refractivity contribution is -0.127. The summed E-state index contributed by atoms with van der Waals surface area (Å²) < 4.78 is 2.03. The molecule has 7 nitrogen and oxygen atoms in total. The molecular weight excluding hydrogens is 464 g/mol. The summed E-state index contributed by atoms with van der Waals surface area (Å²) in [5.41, 5.74) is 9.52. The van der Waals surface area contributed by atoms with Gasteiger partial charge < -0.3 is 15.6 Å². The van der Waals surface area contributed by atoms with Gasteiger partial charge in [0.05, 0.1) is 39.2 Å². The molecule has 5 rings (SSSR count). The van der Waals surface area contributed by atoms with Gasteiger partial charge in [0.2, 0.25) is 0 Å². The van der Waals surface area contributed by atoms with Crippen molar-refractivity contribution in [3.8, 4) is 0 Å². The molecule has 1 aromatic carbocycles. The molecular formula is C21H17BrN6OS. The number of hydrogen-bond donors (Lipinski definition) is 2. The maximum absolute atomic E-state index is 13.6. The third-order valence-corrected chi connectivity index (χ3v) is 7.22. The van der Waals surface area contributed by atoms with E-state index in [0.29, 0.717) is 24.2 Å². The summed E-state index contributed by atoms with van der Waals surface area (Å²) in [6, 6.07) is 11.0. The number of amides is 1. The first-order valence-electron chi connectivity index (χ1n) is 9.38. The monoisotopic (exact) mass is 480 g/mol. The summed E-state index contributed by atoms with van der Waals surface area (Å²) in [7, 11) is 0. The molecule has 1 aliphatic heterocycles. The van der Waals surface area contributed by atoms with E-state index in [0.717, 1.165) is 31.1 Å². The summed E-state index contributed by atoms with van der Waals surface area (Å²) >= 11 is 5.17. The zero-order valence-corrected chi connectivity index (χ0v) is 18.2. The predicted octanol–water partition coefficient (Wildman–Crippen LogP) is 3.65. The first-order chi connectivity index (χ1) is 14.7. The smallest absolute Gasteiger partial charge is 0.258 e. The van der Waals surface area contributed by atoms with E-state index in [4.69, 9.17) is 10.7 Å². The van der Waals surface area contributed by atoms with Crippen molar-refractivity contribution >= 4 is 49.0 Å². The molecule has 0 saturated carbocycles. The molecule has 0 bridgehead atoms. The van der Waals surface area contributed by atoms with Crippen LogP contribution in [-0.4, -0.2) is 37.3 Å². The van der Waals surface area contributed by atoms with E-state index in [1.165, 1.54) is 6.20 Å². The van der Waals surface area contributed by atoms with Gasteiger partial charge in [0.1, 0.15) is 11.0 Å². The number of aromatic nitrogens is 4. The molecule has 4 aromatic rings. The summed E-state index contributed by atoms with van der Waals surface area (Å²) in [5, 5.41) is 0.827. The number of carbonyl (C=O) groups excluding carboxylic acids is 1. The highest BCUT2D eigenvalue weighted by Crippen LogP contribution is 2.40. The normalized spacial score (nSPS) is 16.6. The van der Waals surface area contributed by atoms with Gasteiger partial charge in [0.25, 0.3) is 5.91 Å². The average Bonchev–Trinajstić information content (AvgIpc) is 3.42. The van der Waals surface area contributed by atoms with Gasteiger partial charge in [0.15, 0.2) is 0 Å². The van der Waals surface area contributed by atoms with Gasteiger partial charge >= 0.3 is 0 Å². The Morgan fingerprint density at radius 1 is 1.27 bits per heavy atom. The summed E-state index contributed by atoms with van der Waals surface area (Å²) in [6.45, 7) is 0.516.